The maximum absolute atomic E-state index is 11.6. The Hall–Kier alpha value is -1.97. The molecule has 0 fully saturated rings. The summed E-state index contributed by atoms with van der Waals surface area (Å²) in [7, 11) is 0. The van der Waals surface area contributed by atoms with Crippen molar-refractivity contribution in [3.63, 3.8) is 0 Å². The molecule has 1 aliphatic rings. The van der Waals surface area contributed by atoms with Gasteiger partial charge in [0.1, 0.15) is 0 Å². The van der Waals surface area contributed by atoms with Crippen LogP contribution in [-0.4, -0.2) is 19.2 Å². The van der Waals surface area contributed by atoms with Crippen molar-refractivity contribution in [3.05, 3.63) is 29.8 Å². The molecule has 1 N–H and O–H groups in total. The number of amides is 1. The second kappa shape index (κ2) is 10.0. The van der Waals surface area contributed by atoms with Crippen molar-refractivity contribution in [2.24, 2.45) is 5.92 Å². The number of carbonyl (C=O) groups excluding carboxylic acids is 1. The Bertz CT molecular complexity index is 552. The predicted molar refractivity (Wildman–Crippen MR) is 97.1 cm³/mol. The van der Waals surface area contributed by atoms with Crippen LogP contribution in [0.2, 0.25) is 0 Å². The minimum atomic E-state index is 0.186. The Morgan fingerprint density at radius 1 is 1.17 bits per heavy atom. The summed E-state index contributed by atoms with van der Waals surface area (Å²) < 4.78 is 10.7. The van der Waals surface area contributed by atoms with Crippen LogP contribution in [-0.2, 0) is 4.79 Å². The first-order chi connectivity index (χ1) is 11.6. The van der Waals surface area contributed by atoms with Gasteiger partial charge in [0, 0.05) is 13.0 Å². The van der Waals surface area contributed by atoms with E-state index in [1.165, 1.54) is 6.42 Å². The van der Waals surface area contributed by atoms with Gasteiger partial charge in [-0.2, -0.15) is 0 Å². The minimum Gasteiger partial charge on any atom is -0.454 e. The third kappa shape index (κ3) is 6.65. The van der Waals surface area contributed by atoms with Gasteiger partial charge in [0.2, 0.25) is 12.7 Å². The maximum atomic E-state index is 11.6. The molecule has 4 heteroatoms. The van der Waals surface area contributed by atoms with Gasteiger partial charge in [-0.15, -0.1) is 0 Å². The molecule has 1 aromatic carbocycles. The molecule has 0 radical (unpaired) electrons. The van der Waals surface area contributed by atoms with E-state index in [0.29, 0.717) is 19.1 Å². The maximum Gasteiger partial charge on any atom is 0.231 e. The highest BCUT2D eigenvalue weighted by Gasteiger charge is 2.11. The minimum absolute atomic E-state index is 0.186. The number of hydrogen-bond acceptors (Lipinski definition) is 3. The normalized spacial score (nSPS) is 13.0. The van der Waals surface area contributed by atoms with Crippen LogP contribution in [0, 0.1) is 5.92 Å². The lowest BCUT2D eigenvalue weighted by Crippen LogP contribution is -2.26. The fourth-order valence-corrected chi connectivity index (χ4v) is 2.54. The Morgan fingerprint density at radius 3 is 2.79 bits per heavy atom. The van der Waals surface area contributed by atoms with Crippen LogP contribution >= 0.6 is 0 Å². The topological polar surface area (TPSA) is 47.6 Å². The van der Waals surface area contributed by atoms with Crippen molar-refractivity contribution in [2.75, 3.05) is 13.3 Å². The Kier molecular flexibility index (Phi) is 7.66. The SMILES string of the molecule is CC(C)CNC(=O)CCCCCCC=Cc1ccc2c(c1)OCO2. The van der Waals surface area contributed by atoms with Gasteiger partial charge in [-0.3, -0.25) is 4.79 Å². The number of hydrogen-bond donors (Lipinski definition) is 1. The van der Waals surface area contributed by atoms with Gasteiger partial charge in [-0.05, 0) is 42.9 Å². The molecule has 1 amide bonds. The van der Waals surface area contributed by atoms with E-state index >= 15 is 0 Å². The van der Waals surface area contributed by atoms with E-state index in [0.717, 1.165) is 49.3 Å². The van der Waals surface area contributed by atoms with Crippen molar-refractivity contribution in [2.45, 2.75) is 52.4 Å². The second-order valence-electron chi connectivity index (χ2n) is 6.67. The first-order valence-corrected chi connectivity index (χ1v) is 8.98. The zero-order valence-electron chi connectivity index (χ0n) is 14.8. The highest BCUT2D eigenvalue weighted by atomic mass is 16.7. The van der Waals surface area contributed by atoms with E-state index in [-0.39, 0.29) is 5.91 Å². The molecular weight excluding hydrogens is 302 g/mol. The zero-order chi connectivity index (χ0) is 17.2. The summed E-state index contributed by atoms with van der Waals surface area (Å²) in [5.41, 5.74) is 1.14. The third-order valence-electron chi connectivity index (χ3n) is 3.94. The Balaban J connectivity index is 1.51. The van der Waals surface area contributed by atoms with Gasteiger partial charge in [0.05, 0.1) is 0 Å². The number of allylic oxidation sites excluding steroid dienone is 1. The third-order valence-corrected chi connectivity index (χ3v) is 3.94. The van der Waals surface area contributed by atoms with Crippen LogP contribution in [0.3, 0.4) is 0 Å². The highest BCUT2D eigenvalue weighted by Crippen LogP contribution is 2.32. The van der Waals surface area contributed by atoms with Gasteiger partial charge in [-0.1, -0.05) is 44.9 Å². The van der Waals surface area contributed by atoms with Crippen molar-refractivity contribution < 1.29 is 14.3 Å². The van der Waals surface area contributed by atoms with Crippen LogP contribution < -0.4 is 14.8 Å². The summed E-state index contributed by atoms with van der Waals surface area (Å²) in [4.78, 5) is 11.6. The fraction of sp³-hybridized carbons (Fsp3) is 0.550. The zero-order valence-corrected chi connectivity index (χ0v) is 14.8. The monoisotopic (exact) mass is 331 g/mol. The molecule has 0 spiro atoms. The van der Waals surface area contributed by atoms with Crippen LogP contribution in [0.25, 0.3) is 6.08 Å². The molecule has 1 aliphatic heterocycles. The van der Waals surface area contributed by atoms with Gasteiger partial charge in [-0.25, -0.2) is 0 Å². The molecule has 24 heavy (non-hydrogen) atoms. The molecule has 0 atom stereocenters. The van der Waals surface area contributed by atoms with E-state index in [2.05, 4.69) is 31.3 Å². The van der Waals surface area contributed by atoms with Gasteiger partial charge < -0.3 is 14.8 Å². The molecule has 0 saturated heterocycles. The fourth-order valence-electron chi connectivity index (χ4n) is 2.54. The smallest absolute Gasteiger partial charge is 0.231 e. The molecular formula is C20H29NO3. The van der Waals surface area contributed by atoms with E-state index in [9.17, 15) is 4.79 Å². The van der Waals surface area contributed by atoms with Crippen LogP contribution in [0.15, 0.2) is 24.3 Å². The molecule has 0 unspecified atom stereocenters. The predicted octanol–water partition coefficient (Wildman–Crippen LogP) is 4.54. The number of unbranched alkanes of at least 4 members (excludes halogenated alkanes) is 4. The summed E-state index contributed by atoms with van der Waals surface area (Å²) in [6.45, 7) is 5.32. The number of fused-ring (bicyclic) bond motifs is 1. The van der Waals surface area contributed by atoms with Crippen molar-refractivity contribution in [3.8, 4) is 11.5 Å². The lowest BCUT2D eigenvalue weighted by molar-refractivity contribution is -0.121. The van der Waals surface area contributed by atoms with Crippen molar-refractivity contribution >= 4 is 12.0 Å². The lowest BCUT2D eigenvalue weighted by atomic mass is 10.1. The molecule has 0 aliphatic carbocycles. The first kappa shape index (κ1) is 18.4. The molecule has 0 saturated carbocycles. The largest absolute Gasteiger partial charge is 0.454 e. The van der Waals surface area contributed by atoms with E-state index in [1.54, 1.807) is 0 Å². The van der Waals surface area contributed by atoms with Crippen molar-refractivity contribution in [1.29, 1.82) is 0 Å². The molecule has 1 heterocycles. The number of nitrogens with one attached hydrogen (secondary N) is 1. The average Bonchev–Trinajstić information content (AvgIpc) is 3.03. The number of benzene rings is 1. The highest BCUT2D eigenvalue weighted by molar-refractivity contribution is 5.75. The molecule has 2 rings (SSSR count). The van der Waals surface area contributed by atoms with Crippen LogP contribution in [0.4, 0.5) is 0 Å². The molecule has 0 aromatic heterocycles. The van der Waals surface area contributed by atoms with Gasteiger partial charge >= 0.3 is 0 Å². The quantitative estimate of drug-likeness (QED) is 0.640. The van der Waals surface area contributed by atoms with Gasteiger partial charge in [0.25, 0.3) is 0 Å². The first-order valence-electron chi connectivity index (χ1n) is 8.98. The molecule has 4 nitrogen and oxygen atoms in total. The summed E-state index contributed by atoms with van der Waals surface area (Å²) in [5, 5.41) is 2.96. The van der Waals surface area contributed by atoms with Gasteiger partial charge in [0.15, 0.2) is 11.5 Å². The molecule has 1 aromatic rings. The lowest BCUT2D eigenvalue weighted by Gasteiger charge is -2.07. The molecule has 0 bridgehead atoms. The Labute approximate surface area is 145 Å². The van der Waals surface area contributed by atoms with E-state index in [4.69, 9.17) is 9.47 Å². The van der Waals surface area contributed by atoms with E-state index in [1.807, 2.05) is 18.2 Å². The second-order valence-corrected chi connectivity index (χ2v) is 6.67. The standard InChI is InChI=1S/C20H29NO3/c1-16(2)14-21-20(22)10-8-6-4-3-5-7-9-17-11-12-18-19(13-17)24-15-23-18/h7,9,11-13,16H,3-6,8,10,14-15H2,1-2H3,(H,21,22). The van der Waals surface area contributed by atoms with E-state index < -0.39 is 0 Å². The number of carbonyl (C=O) groups is 1. The number of rotatable bonds is 10. The summed E-state index contributed by atoms with van der Waals surface area (Å²) in [6, 6.07) is 6.00. The molecule has 132 valence electrons. The summed E-state index contributed by atoms with van der Waals surface area (Å²) >= 11 is 0. The summed E-state index contributed by atoms with van der Waals surface area (Å²) in [6.07, 6.45) is 10.5. The van der Waals surface area contributed by atoms with Crippen molar-refractivity contribution in [1.82, 2.24) is 5.32 Å². The summed E-state index contributed by atoms with van der Waals surface area (Å²) in [5.74, 6) is 2.36. The average molecular weight is 331 g/mol. The Morgan fingerprint density at radius 2 is 1.96 bits per heavy atom. The number of ether oxygens (including phenoxy) is 2. The van der Waals surface area contributed by atoms with Crippen LogP contribution in [0.1, 0.15) is 57.9 Å². The van der Waals surface area contributed by atoms with Crippen LogP contribution in [0.5, 0.6) is 11.5 Å².